The molecule has 0 atom stereocenters. The lowest BCUT2D eigenvalue weighted by atomic mass is 10.0. The number of nitrogens with one attached hydrogen (secondary N) is 1. The van der Waals surface area contributed by atoms with Crippen LogP contribution in [0.1, 0.15) is 10.4 Å². The third kappa shape index (κ3) is 1.47. The fourth-order valence-corrected chi connectivity index (χ4v) is 2.12. The number of fused-ring (bicyclic) bond motifs is 3. The molecule has 18 heavy (non-hydrogen) atoms. The van der Waals surface area contributed by atoms with Gasteiger partial charge in [0.15, 0.2) is 0 Å². The summed E-state index contributed by atoms with van der Waals surface area (Å²) in [6.45, 7) is 0. The first kappa shape index (κ1) is 10.5. The van der Waals surface area contributed by atoms with Crippen molar-refractivity contribution in [1.29, 1.82) is 0 Å². The summed E-state index contributed by atoms with van der Waals surface area (Å²) in [6.07, 6.45) is 0. The summed E-state index contributed by atoms with van der Waals surface area (Å²) in [7, 11) is 0. The van der Waals surface area contributed by atoms with Gasteiger partial charge in [-0.25, -0.2) is 4.79 Å². The summed E-state index contributed by atoms with van der Waals surface area (Å²) in [4.78, 5) is 25.5. The van der Waals surface area contributed by atoms with Gasteiger partial charge in [-0.2, -0.15) is 0 Å². The fraction of sp³-hybridized carbons (Fsp3) is 0. The van der Waals surface area contributed by atoms with Crippen molar-refractivity contribution in [3.05, 3.63) is 58.4 Å². The van der Waals surface area contributed by atoms with E-state index in [1.807, 2.05) is 12.1 Å². The molecule has 0 aliphatic rings. The topological polar surface area (TPSA) is 70.2 Å². The molecule has 0 amide bonds. The van der Waals surface area contributed by atoms with Crippen LogP contribution in [0.4, 0.5) is 0 Å². The highest BCUT2D eigenvalue weighted by molar-refractivity contribution is 6.06. The van der Waals surface area contributed by atoms with Gasteiger partial charge >= 0.3 is 5.97 Å². The molecule has 0 aliphatic carbocycles. The molecule has 2 aromatic carbocycles. The molecule has 2 N–H and O–H groups in total. The highest BCUT2D eigenvalue weighted by Gasteiger charge is 2.07. The van der Waals surface area contributed by atoms with Crippen molar-refractivity contribution in [2.75, 3.05) is 0 Å². The van der Waals surface area contributed by atoms with E-state index in [1.165, 1.54) is 12.1 Å². The second-order valence-electron chi connectivity index (χ2n) is 4.07. The van der Waals surface area contributed by atoms with E-state index in [0.29, 0.717) is 10.9 Å². The molecule has 4 heteroatoms. The van der Waals surface area contributed by atoms with E-state index in [0.717, 1.165) is 10.8 Å². The minimum atomic E-state index is -1.01. The lowest BCUT2D eigenvalue weighted by Gasteiger charge is -2.04. The van der Waals surface area contributed by atoms with Gasteiger partial charge < -0.3 is 10.1 Å². The standard InChI is InChI=1S/C14H9NO3/c16-13-11-4-2-1-3-9(11)10-6-5-8(14(17)18)7-12(10)15-13/h1-7H,(H,15,16)(H,17,18). The third-order valence-electron chi connectivity index (χ3n) is 2.98. The Kier molecular flexibility index (Phi) is 2.16. The van der Waals surface area contributed by atoms with E-state index >= 15 is 0 Å². The predicted octanol–water partition coefficient (Wildman–Crippen LogP) is 2.38. The Morgan fingerprint density at radius 1 is 1.00 bits per heavy atom. The molecule has 0 saturated carbocycles. The number of aromatic carboxylic acids is 1. The molecule has 3 aromatic rings. The zero-order valence-electron chi connectivity index (χ0n) is 9.31. The summed E-state index contributed by atoms with van der Waals surface area (Å²) in [6, 6.07) is 12.0. The normalized spacial score (nSPS) is 10.9. The summed E-state index contributed by atoms with van der Waals surface area (Å²) in [5, 5.41) is 11.2. The van der Waals surface area contributed by atoms with E-state index in [-0.39, 0.29) is 11.1 Å². The molecule has 0 fully saturated rings. The van der Waals surface area contributed by atoms with Crippen LogP contribution < -0.4 is 5.56 Å². The van der Waals surface area contributed by atoms with Crippen LogP contribution >= 0.6 is 0 Å². The predicted molar refractivity (Wildman–Crippen MR) is 69.0 cm³/mol. The summed E-state index contributed by atoms with van der Waals surface area (Å²) < 4.78 is 0. The Hall–Kier alpha value is -2.62. The Labute approximate surface area is 101 Å². The number of hydrogen-bond acceptors (Lipinski definition) is 2. The monoisotopic (exact) mass is 239 g/mol. The first-order valence-electron chi connectivity index (χ1n) is 5.45. The van der Waals surface area contributed by atoms with E-state index in [2.05, 4.69) is 4.98 Å². The Morgan fingerprint density at radius 2 is 1.72 bits per heavy atom. The van der Waals surface area contributed by atoms with Gasteiger partial charge in [0.2, 0.25) is 0 Å². The second-order valence-corrected chi connectivity index (χ2v) is 4.07. The van der Waals surface area contributed by atoms with E-state index in [4.69, 9.17) is 5.11 Å². The number of benzene rings is 2. The maximum atomic E-state index is 11.9. The maximum absolute atomic E-state index is 11.9. The van der Waals surface area contributed by atoms with Crippen LogP contribution in [0, 0.1) is 0 Å². The zero-order chi connectivity index (χ0) is 12.7. The number of carboxylic acid groups (broad SMARTS) is 1. The lowest BCUT2D eigenvalue weighted by Crippen LogP contribution is -2.07. The highest BCUT2D eigenvalue weighted by Crippen LogP contribution is 2.21. The molecule has 4 nitrogen and oxygen atoms in total. The van der Waals surface area contributed by atoms with Crippen LogP contribution in [0.5, 0.6) is 0 Å². The lowest BCUT2D eigenvalue weighted by molar-refractivity contribution is 0.0697. The Morgan fingerprint density at radius 3 is 2.44 bits per heavy atom. The largest absolute Gasteiger partial charge is 0.478 e. The molecule has 3 rings (SSSR count). The molecule has 0 bridgehead atoms. The molecule has 0 radical (unpaired) electrons. The number of H-pyrrole nitrogens is 1. The number of carboxylic acids is 1. The van der Waals surface area contributed by atoms with E-state index in [1.54, 1.807) is 18.2 Å². The second kappa shape index (κ2) is 3.70. The van der Waals surface area contributed by atoms with Crippen molar-refractivity contribution >= 4 is 27.6 Å². The van der Waals surface area contributed by atoms with Crippen LogP contribution in [0.3, 0.4) is 0 Å². The van der Waals surface area contributed by atoms with Crippen molar-refractivity contribution in [3.63, 3.8) is 0 Å². The van der Waals surface area contributed by atoms with Crippen molar-refractivity contribution in [3.8, 4) is 0 Å². The molecule has 0 saturated heterocycles. The first-order chi connectivity index (χ1) is 8.66. The zero-order valence-corrected chi connectivity index (χ0v) is 9.31. The average molecular weight is 239 g/mol. The Bertz CT molecular complexity index is 833. The first-order valence-corrected chi connectivity index (χ1v) is 5.45. The molecule has 1 aromatic heterocycles. The molecule has 88 valence electrons. The van der Waals surface area contributed by atoms with Crippen LogP contribution in [0.2, 0.25) is 0 Å². The summed E-state index contributed by atoms with van der Waals surface area (Å²) in [5.74, 6) is -1.01. The van der Waals surface area contributed by atoms with Crippen LogP contribution in [0.25, 0.3) is 21.7 Å². The van der Waals surface area contributed by atoms with Gasteiger partial charge in [0.1, 0.15) is 0 Å². The number of aromatic amines is 1. The van der Waals surface area contributed by atoms with Gasteiger partial charge in [0, 0.05) is 16.3 Å². The van der Waals surface area contributed by atoms with Gasteiger partial charge in [-0.05, 0) is 23.6 Å². The smallest absolute Gasteiger partial charge is 0.335 e. The minimum Gasteiger partial charge on any atom is -0.478 e. The maximum Gasteiger partial charge on any atom is 0.335 e. The number of aromatic nitrogens is 1. The van der Waals surface area contributed by atoms with E-state index in [9.17, 15) is 9.59 Å². The van der Waals surface area contributed by atoms with Crippen LogP contribution in [-0.2, 0) is 0 Å². The van der Waals surface area contributed by atoms with Crippen molar-refractivity contribution in [2.24, 2.45) is 0 Å². The number of rotatable bonds is 1. The average Bonchev–Trinajstić information content (AvgIpc) is 2.38. The third-order valence-corrected chi connectivity index (χ3v) is 2.98. The van der Waals surface area contributed by atoms with Crippen LogP contribution in [-0.4, -0.2) is 16.1 Å². The molecule has 1 heterocycles. The van der Waals surface area contributed by atoms with Gasteiger partial charge in [-0.15, -0.1) is 0 Å². The molecule has 0 unspecified atom stereocenters. The van der Waals surface area contributed by atoms with Gasteiger partial charge in [-0.1, -0.05) is 24.3 Å². The fourth-order valence-electron chi connectivity index (χ4n) is 2.12. The molecule has 0 spiro atoms. The highest BCUT2D eigenvalue weighted by atomic mass is 16.4. The van der Waals surface area contributed by atoms with Gasteiger partial charge in [0.05, 0.1) is 5.56 Å². The number of hydrogen-bond donors (Lipinski definition) is 2. The molecular weight excluding hydrogens is 230 g/mol. The van der Waals surface area contributed by atoms with E-state index < -0.39 is 5.97 Å². The number of carbonyl (C=O) groups is 1. The Balaban J connectivity index is 2.50. The molecular formula is C14H9NO3. The quantitative estimate of drug-likeness (QED) is 0.640. The van der Waals surface area contributed by atoms with Crippen molar-refractivity contribution in [1.82, 2.24) is 4.98 Å². The summed E-state index contributed by atoms with van der Waals surface area (Å²) >= 11 is 0. The van der Waals surface area contributed by atoms with Crippen molar-refractivity contribution < 1.29 is 9.90 Å². The minimum absolute atomic E-state index is 0.161. The molecule has 0 aliphatic heterocycles. The van der Waals surface area contributed by atoms with Gasteiger partial charge in [-0.3, -0.25) is 4.79 Å². The van der Waals surface area contributed by atoms with Crippen molar-refractivity contribution in [2.45, 2.75) is 0 Å². The SMILES string of the molecule is O=C(O)c1ccc2c(c1)[nH]c(=O)c1ccccc12. The van der Waals surface area contributed by atoms with Gasteiger partial charge in [0.25, 0.3) is 5.56 Å². The number of pyridine rings is 1. The van der Waals surface area contributed by atoms with Crippen LogP contribution in [0.15, 0.2) is 47.3 Å². The summed E-state index contributed by atoms with van der Waals surface area (Å²) in [5.41, 5.74) is 0.493.